The van der Waals surface area contributed by atoms with Crippen LogP contribution in [0.4, 0.5) is 0 Å². The Morgan fingerprint density at radius 2 is 1.86 bits per heavy atom. The minimum absolute atomic E-state index is 0.0813. The molecule has 4 aliphatic carbocycles. The molecular formula is C20H32O2. The Labute approximate surface area is 135 Å². The average Bonchev–Trinajstić information content (AvgIpc) is 2.77. The van der Waals surface area contributed by atoms with Gasteiger partial charge in [0, 0.05) is 0 Å². The third kappa shape index (κ3) is 1.80. The van der Waals surface area contributed by atoms with Gasteiger partial charge >= 0.3 is 0 Å². The van der Waals surface area contributed by atoms with Gasteiger partial charge in [0.1, 0.15) is 0 Å². The van der Waals surface area contributed by atoms with Gasteiger partial charge in [-0.2, -0.15) is 0 Å². The molecular weight excluding hydrogens is 272 g/mol. The van der Waals surface area contributed by atoms with Crippen LogP contribution in [0, 0.1) is 34.5 Å². The second kappa shape index (κ2) is 4.83. The molecule has 0 aliphatic heterocycles. The largest absolute Gasteiger partial charge is 0.393 e. The first kappa shape index (κ1) is 15.2. The number of allylic oxidation sites excluding steroid dienone is 1. The van der Waals surface area contributed by atoms with Gasteiger partial charge in [-0.25, -0.2) is 0 Å². The molecule has 8 atom stereocenters. The van der Waals surface area contributed by atoms with Crippen molar-refractivity contribution < 1.29 is 10.2 Å². The van der Waals surface area contributed by atoms with Crippen molar-refractivity contribution in [1.29, 1.82) is 0 Å². The zero-order valence-corrected chi connectivity index (χ0v) is 14.4. The summed E-state index contributed by atoms with van der Waals surface area (Å²) in [4.78, 5) is 0. The van der Waals surface area contributed by atoms with Crippen LogP contribution in [0.15, 0.2) is 11.6 Å². The van der Waals surface area contributed by atoms with Crippen LogP contribution in [0.25, 0.3) is 0 Å². The van der Waals surface area contributed by atoms with Crippen molar-refractivity contribution in [1.82, 2.24) is 0 Å². The first-order valence-corrected chi connectivity index (χ1v) is 9.43. The molecule has 0 amide bonds. The summed E-state index contributed by atoms with van der Waals surface area (Å²) in [7, 11) is 0. The molecule has 4 rings (SSSR count). The molecule has 3 saturated carbocycles. The molecule has 2 nitrogen and oxygen atoms in total. The van der Waals surface area contributed by atoms with Crippen molar-refractivity contribution in [2.45, 2.75) is 77.9 Å². The predicted octanol–water partition coefficient (Wildman–Crippen LogP) is 3.92. The van der Waals surface area contributed by atoms with Crippen LogP contribution in [0.5, 0.6) is 0 Å². The van der Waals surface area contributed by atoms with Gasteiger partial charge in [-0.1, -0.05) is 32.4 Å². The molecule has 124 valence electrons. The Morgan fingerprint density at radius 3 is 2.64 bits per heavy atom. The highest BCUT2D eigenvalue weighted by atomic mass is 16.3. The van der Waals surface area contributed by atoms with Crippen LogP contribution < -0.4 is 0 Å². The smallest absolute Gasteiger partial charge is 0.0596 e. The van der Waals surface area contributed by atoms with Gasteiger partial charge in [0.05, 0.1) is 12.2 Å². The van der Waals surface area contributed by atoms with Crippen LogP contribution in [-0.2, 0) is 0 Å². The number of aliphatic hydroxyl groups is 2. The zero-order chi connectivity index (χ0) is 15.7. The van der Waals surface area contributed by atoms with Gasteiger partial charge in [0.25, 0.3) is 0 Å². The normalized spacial score (nSPS) is 57.6. The minimum atomic E-state index is -0.131. The number of aliphatic hydroxyl groups excluding tert-OH is 2. The summed E-state index contributed by atoms with van der Waals surface area (Å²) in [5.74, 6) is 2.79. The summed E-state index contributed by atoms with van der Waals surface area (Å²) in [6.45, 7) is 7.19. The van der Waals surface area contributed by atoms with Gasteiger partial charge < -0.3 is 10.2 Å². The molecule has 22 heavy (non-hydrogen) atoms. The molecule has 3 unspecified atom stereocenters. The maximum Gasteiger partial charge on any atom is 0.0596 e. The fourth-order valence-corrected chi connectivity index (χ4v) is 7.04. The van der Waals surface area contributed by atoms with Crippen LogP contribution in [-0.4, -0.2) is 22.4 Å². The molecule has 0 saturated heterocycles. The van der Waals surface area contributed by atoms with E-state index in [1.807, 2.05) is 0 Å². The monoisotopic (exact) mass is 304 g/mol. The topological polar surface area (TPSA) is 40.5 Å². The Balaban J connectivity index is 1.71. The molecule has 0 bridgehead atoms. The highest BCUT2D eigenvalue weighted by Crippen LogP contribution is 2.65. The summed E-state index contributed by atoms with van der Waals surface area (Å²) in [5.41, 5.74) is 2.00. The van der Waals surface area contributed by atoms with E-state index in [2.05, 4.69) is 26.8 Å². The molecule has 2 N–H and O–H groups in total. The molecule has 0 aromatic carbocycles. The Hall–Kier alpha value is -0.340. The highest BCUT2D eigenvalue weighted by molar-refractivity contribution is 5.26. The number of fused-ring (bicyclic) bond motifs is 5. The summed E-state index contributed by atoms with van der Waals surface area (Å²) in [5, 5.41) is 20.7. The third-order valence-corrected chi connectivity index (χ3v) is 8.59. The van der Waals surface area contributed by atoms with Crippen molar-refractivity contribution in [3.05, 3.63) is 11.6 Å². The quantitative estimate of drug-likeness (QED) is 0.666. The van der Waals surface area contributed by atoms with E-state index >= 15 is 0 Å². The number of hydrogen-bond donors (Lipinski definition) is 2. The van der Waals surface area contributed by atoms with E-state index < -0.39 is 0 Å². The fraction of sp³-hybridized carbons (Fsp3) is 0.900. The molecule has 4 aliphatic rings. The number of hydrogen-bond acceptors (Lipinski definition) is 2. The molecule has 0 radical (unpaired) electrons. The van der Waals surface area contributed by atoms with Crippen molar-refractivity contribution in [3.63, 3.8) is 0 Å². The summed E-state index contributed by atoms with van der Waals surface area (Å²) < 4.78 is 0. The minimum Gasteiger partial charge on any atom is -0.393 e. The predicted molar refractivity (Wildman–Crippen MR) is 88.3 cm³/mol. The van der Waals surface area contributed by atoms with Gasteiger partial charge in [-0.15, -0.1) is 0 Å². The van der Waals surface area contributed by atoms with E-state index in [9.17, 15) is 10.2 Å². The lowest BCUT2D eigenvalue weighted by molar-refractivity contribution is -0.0858. The van der Waals surface area contributed by atoms with E-state index in [0.717, 1.165) is 31.1 Å². The van der Waals surface area contributed by atoms with Crippen molar-refractivity contribution in [3.8, 4) is 0 Å². The van der Waals surface area contributed by atoms with Gasteiger partial charge in [0.15, 0.2) is 0 Å². The average molecular weight is 304 g/mol. The van der Waals surface area contributed by atoms with Crippen LogP contribution in [0.3, 0.4) is 0 Å². The van der Waals surface area contributed by atoms with E-state index in [4.69, 9.17) is 0 Å². The zero-order valence-electron chi connectivity index (χ0n) is 14.4. The Kier molecular flexibility index (Phi) is 3.34. The molecule has 0 aromatic heterocycles. The standard InChI is InChI=1S/C20H32O2/c1-12-10-14(21)11-13-4-5-15-16-6-7-18(22)19(16,2)9-8-17(15)20(12,13)3/h4,12,14-18,21-22H,5-11H2,1-3H3/t12?,14?,15-,16-,17+,18?,19-,20-/m0/s1. The van der Waals surface area contributed by atoms with Crippen LogP contribution in [0.2, 0.25) is 0 Å². The highest BCUT2D eigenvalue weighted by Gasteiger charge is 2.59. The lowest BCUT2D eigenvalue weighted by Gasteiger charge is -2.59. The van der Waals surface area contributed by atoms with Gasteiger partial charge in [-0.3, -0.25) is 0 Å². The molecule has 3 fully saturated rings. The molecule has 0 heterocycles. The van der Waals surface area contributed by atoms with E-state index in [-0.39, 0.29) is 23.0 Å². The summed E-state index contributed by atoms with van der Waals surface area (Å²) in [6, 6.07) is 0. The Bertz CT molecular complexity index is 498. The van der Waals surface area contributed by atoms with Gasteiger partial charge in [0.2, 0.25) is 0 Å². The fourth-order valence-electron chi connectivity index (χ4n) is 7.04. The number of rotatable bonds is 0. The summed E-state index contributed by atoms with van der Waals surface area (Å²) >= 11 is 0. The maximum atomic E-state index is 10.5. The first-order chi connectivity index (χ1) is 10.4. The molecule has 2 heteroatoms. The maximum absolute atomic E-state index is 10.5. The molecule has 0 spiro atoms. The lowest BCUT2D eigenvalue weighted by atomic mass is 9.46. The second-order valence-corrected chi connectivity index (χ2v) is 9.26. The third-order valence-electron chi connectivity index (χ3n) is 8.59. The van der Waals surface area contributed by atoms with Crippen molar-refractivity contribution in [2.75, 3.05) is 0 Å². The van der Waals surface area contributed by atoms with Crippen LogP contribution >= 0.6 is 0 Å². The van der Waals surface area contributed by atoms with Gasteiger partial charge in [-0.05, 0) is 79.4 Å². The SMILES string of the molecule is CC1CC(O)CC2=CC[C@@H]3[C@@H](CC[C@]4(C)C(O)CC[C@@H]34)[C@]21C. The summed E-state index contributed by atoms with van der Waals surface area (Å²) in [6.07, 6.45) is 9.99. The van der Waals surface area contributed by atoms with E-state index in [1.54, 1.807) is 5.57 Å². The second-order valence-electron chi connectivity index (χ2n) is 9.26. The van der Waals surface area contributed by atoms with Crippen LogP contribution in [0.1, 0.15) is 65.7 Å². The van der Waals surface area contributed by atoms with Crippen molar-refractivity contribution >= 4 is 0 Å². The lowest BCUT2D eigenvalue weighted by Crippen LogP contribution is -2.53. The van der Waals surface area contributed by atoms with E-state index in [1.165, 1.54) is 25.7 Å². The first-order valence-electron chi connectivity index (χ1n) is 9.43. The molecule has 0 aromatic rings. The van der Waals surface area contributed by atoms with Crippen molar-refractivity contribution in [2.24, 2.45) is 34.5 Å². The van der Waals surface area contributed by atoms with E-state index in [0.29, 0.717) is 11.8 Å². The Morgan fingerprint density at radius 1 is 1.09 bits per heavy atom.